The van der Waals surface area contributed by atoms with E-state index in [1.807, 2.05) is 31.2 Å². The van der Waals surface area contributed by atoms with Gasteiger partial charge in [-0.25, -0.2) is 9.59 Å². The molecule has 1 aromatic rings. The largest absolute Gasteiger partial charge is 0.480 e. The van der Waals surface area contributed by atoms with Crippen LogP contribution < -0.4 is 16.4 Å². The first-order chi connectivity index (χ1) is 9.88. The fourth-order valence-corrected chi connectivity index (χ4v) is 1.64. The van der Waals surface area contributed by atoms with Gasteiger partial charge in [0.15, 0.2) is 0 Å². The van der Waals surface area contributed by atoms with E-state index >= 15 is 0 Å². The summed E-state index contributed by atoms with van der Waals surface area (Å²) in [5.74, 6) is -1.81. The molecule has 0 saturated heterocycles. The molecule has 0 fully saturated rings. The Morgan fingerprint density at radius 2 is 1.86 bits per heavy atom. The Morgan fingerprint density at radius 3 is 2.38 bits per heavy atom. The molecule has 0 bridgehead atoms. The van der Waals surface area contributed by atoms with Crippen LogP contribution in [0.4, 0.5) is 4.79 Å². The first kappa shape index (κ1) is 16.5. The minimum atomic E-state index is -1.21. The fraction of sp³-hybridized carbons (Fsp3) is 0.357. The molecule has 0 saturated carbocycles. The summed E-state index contributed by atoms with van der Waals surface area (Å²) in [5, 5.41) is 13.8. The lowest BCUT2D eigenvalue weighted by Gasteiger charge is -2.14. The maximum absolute atomic E-state index is 11.6. The van der Waals surface area contributed by atoms with Crippen LogP contribution in [0.1, 0.15) is 24.0 Å². The Bertz CT molecular complexity index is 513. The summed E-state index contributed by atoms with van der Waals surface area (Å²) in [6, 6.07) is 5.83. The highest BCUT2D eigenvalue weighted by atomic mass is 16.4. The van der Waals surface area contributed by atoms with Crippen LogP contribution in [0, 0.1) is 6.92 Å². The number of aliphatic carboxylic acids is 1. The molecule has 1 aromatic carbocycles. The zero-order valence-electron chi connectivity index (χ0n) is 11.8. The molecular weight excluding hydrogens is 274 g/mol. The number of carbonyl (C=O) groups excluding carboxylic acids is 2. The van der Waals surface area contributed by atoms with E-state index in [4.69, 9.17) is 10.8 Å². The van der Waals surface area contributed by atoms with Crippen molar-refractivity contribution in [3.05, 3.63) is 35.4 Å². The molecule has 0 aromatic heterocycles. The minimum Gasteiger partial charge on any atom is -0.480 e. The fourth-order valence-electron chi connectivity index (χ4n) is 1.64. The van der Waals surface area contributed by atoms with E-state index in [2.05, 4.69) is 10.6 Å². The van der Waals surface area contributed by atoms with Crippen molar-refractivity contribution in [1.29, 1.82) is 0 Å². The highest BCUT2D eigenvalue weighted by Crippen LogP contribution is 2.02. The summed E-state index contributed by atoms with van der Waals surface area (Å²) in [6.07, 6.45) is -0.141. The summed E-state index contributed by atoms with van der Waals surface area (Å²) < 4.78 is 0. The number of rotatable bonds is 7. The smallest absolute Gasteiger partial charge is 0.326 e. The van der Waals surface area contributed by atoms with E-state index in [9.17, 15) is 14.4 Å². The molecule has 5 N–H and O–H groups in total. The maximum Gasteiger partial charge on any atom is 0.326 e. The van der Waals surface area contributed by atoms with Crippen molar-refractivity contribution in [1.82, 2.24) is 10.6 Å². The van der Waals surface area contributed by atoms with Crippen molar-refractivity contribution in [2.24, 2.45) is 5.73 Å². The van der Waals surface area contributed by atoms with Crippen LogP contribution in [0.2, 0.25) is 0 Å². The number of carboxylic acids is 1. The molecule has 0 heterocycles. The molecule has 0 aliphatic rings. The predicted molar refractivity (Wildman–Crippen MR) is 76.4 cm³/mol. The van der Waals surface area contributed by atoms with Gasteiger partial charge in [-0.15, -0.1) is 0 Å². The molecule has 0 spiro atoms. The molecule has 0 radical (unpaired) electrons. The van der Waals surface area contributed by atoms with Gasteiger partial charge in [-0.3, -0.25) is 4.79 Å². The van der Waals surface area contributed by atoms with Crippen molar-refractivity contribution in [3.63, 3.8) is 0 Å². The number of urea groups is 1. The zero-order chi connectivity index (χ0) is 15.8. The number of nitrogens with one attached hydrogen (secondary N) is 2. The highest BCUT2D eigenvalue weighted by Gasteiger charge is 2.20. The second-order valence-electron chi connectivity index (χ2n) is 4.71. The van der Waals surface area contributed by atoms with E-state index in [-0.39, 0.29) is 19.4 Å². The number of hydrogen-bond acceptors (Lipinski definition) is 3. The summed E-state index contributed by atoms with van der Waals surface area (Å²) in [5.41, 5.74) is 6.97. The van der Waals surface area contributed by atoms with Crippen LogP contribution in [0.15, 0.2) is 24.3 Å². The van der Waals surface area contributed by atoms with E-state index < -0.39 is 23.9 Å². The Kier molecular flexibility index (Phi) is 6.19. The molecule has 0 unspecified atom stereocenters. The number of nitrogens with two attached hydrogens (primary N) is 1. The van der Waals surface area contributed by atoms with Crippen LogP contribution >= 0.6 is 0 Å². The van der Waals surface area contributed by atoms with Crippen LogP contribution in [0.5, 0.6) is 0 Å². The number of hydrogen-bond donors (Lipinski definition) is 4. The van der Waals surface area contributed by atoms with Gasteiger partial charge in [0.25, 0.3) is 0 Å². The molecule has 1 rings (SSSR count). The second kappa shape index (κ2) is 7.88. The van der Waals surface area contributed by atoms with Crippen LogP contribution in [-0.4, -0.2) is 29.1 Å². The molecule has 7 nitrogen and oxygen atoms in total. The number of primary amides is 1. The van der Waals surface area contributed by atoms with Gasteiger partial charge in [0, 0.05) is 13.0 Å². The molecule has 0 aliphatic heterocycles. The molecule has 0 aliphatic carbocycles. The number of amides is 3. The highest BCUT2D eigenvalue weighted by molar-refractivity contribution is 5.83. The van der Waals surface area contributed by atoms with E-state index in [1.165, 1.54) is 0 Å². The Morgan fingerprint density at radius 1 is 1.24 bits per heavy atom. The van der Waals surface area contributed by atoms with Gasteiger partial charge in [-0.1, -0.05) is 29.8 Å². The SMILES string of the molecule is Cc1ccc(CNC(=O)N[C@H](CCC(N)=O)C(=O)O)cc1. The minimum absolute atomic E-state index is 0.0391. The third-order valence-electron chi connectivity index (χ3n) is 2.86. The summed E-state index contributed by atoms with van der Waals surface area (Å²) in [7, 11) is 0. The first-order valence-electron chi connectivity index (χ1n) is 6.49. The molecule has 114 valence electrons. The summed E-state index contributed by atoms with van der Waals surface area (Å²) in [6.45, 7) is 2.24. The number of carboxylic acid groups (broad SMARTS) is 1. The average Bonchev–Trinajstić information content (AvgIpc) is 2.42. The third-order valence-corrected chi connectivity index (χ3v) is 2.86. The number of carbonyl (C=O) groups is 3. The molecular formula is C14H19N3O4. The lowest BCUT2D eigenvalue weighted by atomic mass is 10.1. The van der Waals surface area contributed by atoms with Gasteiger partial charge in [0.05, 0.1) is 0 Å². The topological polar surface area (TPSA) is 122 Å². The van der Waals surface area contributed by atoms with Gasteiger partial charge in [0.1, 0.15) is 6.04 Å². The predicted octanol–water partition coefficient (Wildman–Crippen LogP) is 0.513. The summed E-state index contributed by atoms with van der Waals surface area (Å²) >= 11 is 0. The van der Waals surface area contributed by atoms with Gasteiger partial charge in [0.2, 0.25) is 5.91 Å². The quantitative estimate of drug-likeness (QED) is 0.585. The lowest BCUT2D eigenvalue weighted by molar-refractivity contribution is -0.139. The standard InChI is InChI=1S/C14H19N3O4/c1-9-2-4-10(5-3-9)8-16-14(21)17-11(13(19)20)6-7-12(15)18/h2-5,11H,6-8H2,1H3,(H2,15,18)(H,19,20)(H2,16,17,21)/t11-/m1/s1. The third kappa shape index (κ3) is 6.42. The molecule has 3 amide bonds. The van der Waals surface area contributed by atoms with Crippen LogP contribution in [0.25, 0.3) is 0 Å². The molecule has 1 atom stereocenters. The van der Waals surface area contributed by atoms with Crippen molar-refractivity contribution < 1.29 is 19.5 Å². The van der Waals surface area contributed by atoms with Crippen LogP contribution in [0.3, 0.4) is 0 Å². The van der Waals surface area contributed by atoms with Crippen LogP contribution in [-0.2, 0) is 16.1 Å². The van der Waals surface area contributed by atoms with Gasteiger partial charge in [-0.2, -0.15) is 0 Å². The molecule has 21 heavy (non-hydrogen) atoms. The summed E-state index contributed by atoms with van der Waals surface area (Å²) in [4.78, 5) is 33.3. The number of benzene rings is 1. The number of aryl methyl sites for hydroxylation is 1. The lowest BCUT2D eigenvalue weighted by Crippen LogP contribution is -2.46. The zero-order valence-corrected chi connectivity index (χ0v) is 11.8. The first-order valence-corrected chi connectivity index (χ1v) is 6.49. The van der Waals surface area contributed by atoms with Gasteiger partial charge >= 0.3 is 12.0 Å². The monoisotopic (exact) mass is 293 g/mol. The Balaban J connectivity index is 2.44. The van der Waals surface area contributed by atoms with E-state index in [0.29, 0.717) is 0 Å². The maximum atomic E-state index is 11.6. The van der Waals surface area contributed by atoms with Crippen molar-refractivity contribution >= 4 is 17.9 Å². The van der Waals surface area contributed by atoms with E-state index in [0.717, 1.165) is 11.1 Å². The Labute approximate surface area is 122 Å². The second-order valence-corrected chi connectivity index (χ2v) is 4.71. The normalized spacial score (nSPS) is 11.5. The van der Waals surface area contributed by atoms with Gasteiger partial charge < -0.3 is 21.5 Å². The van der Waals surface area contributed by atoms with Crippen molar-refractivity contribution in [3.8, 4) is 0 Å². The van der Waals surface area contributed by atoms with Crippen molar-refractivity contribution in [2.45, 2.75) is 32.4 Å². The van der Waals surface area contributed by atoms with Gasteiger partial charge in [-0.05, 0) is 18.9 Å². The van der Waals surface area contributed by atoms with E-state index in [1.54, 1.807) is 0 Å². The average molecular weight is 293 g/mol. The molecule has 7 heteroatoms. The Hall–Kier alpha value is -2.57. The van der Waals surface area contributed by atoms with Crippen molar-refractivity contribution in [2.75, 3.05) is 0 Å².